The van der Waals surface area contributed by atoms with E-state index < -0.39 is 0 Å². The predicted molar refractivity (Wildman–Crippen MR) is 74.9 cm³/mol. The fraction of sp³-hybridized carbons (Fsp3) is 0.600. The van der Waals surface area contributed by atoms with Gasteiger partial charge >= 0.3 is 0 Å². The van der Waals surface area contributed by atoms with E-state index >= 15 is 0 Å². The summed E-state index contributed by atoms with van der Waals surface area (Å²) in [5.41, 5.74) is 1.09. The molecule has 3 heteroatoms. The highest BCUT2D eigenvalue weighted by Crippen LogP contribution is 2.37. The SMILES string of the molecule is Fc1cc(Br)cc(CN2CCC3CCCCC32)c1. The maximum absolute atomic E-state index is 13.4. The molecular weight excluding hydrogens is 293 g/mol. The van der Waals surface area contributed by atoms with Crippen LogP contribution in [0.25, 0.3) is 0 Å². The van der Waals surface area contributed by atoms with Gasteiger partial charge in [-0.05, 0) is 55.5 Å². The summed E-state index contributed by atoms with van der Waals surface area (Å²) in [5.74, 6) is 0.759. The van der Waals surface area contributed by atoms with Gasteiger partial charge in [0.2, 0.25) is 0 Å². The highest BCUT2D eigenvalue weighted by Gasteiger charge is 2.35. The number of nitrogens with zero attached hydrogens (tertiary/aromatic N) is 1. The van der Waals surface area contributed by atoms with Crippen molar-refractivity contribution in [2.24, 2.45) is 5.92 Å². The first-order valence-corrected chi connectivity index (χ1v) is 7.71. The van der Waals surface area contributed by atoms with Crippen molar-refractivity contribution in [1.29, 1.82) is 0 Å². The molecule has 0 amide bonds. The standard InChI is InChI=1S/C15H19BrFN/c16-13-7-11(8-14(17)9-13)10-18-6-5-12-3-1-2-4-15(12)18/h7-9,12,15H,1-6,10H2. The number of benzene rings is 1. The van der Waals surface area contributed by atoms with Gasteiger partial charge in [-0.15, -0.1) is 0 Å². The van der Waals surface area contributed by atoms with Crippen LogP contribution in [-0.4, -0.2) is 17.5 Å². The van der Waals surface area contributed by atoms with Gasteiger partial charge in [-0.25, -0.2) is 4.39 Å². The molecule has 2 aliphatic rings. The monoisotopic (exact) mass is 311 g/mol. The number of halogens is 2. The lowest BCUT2D eigenvalue weighted by Gasteiger charge is -2.31. The van der Waals surface area contributed by atoms with Crippen LogP contribution in [0.15, 0.2) is 22.7 Å². The molecule has 1 aromatic carbocycles. The lowest BCUT2D eigenvalue weighted by atomic mass is 9.85. The van der Waals surface area contributed by atoms with Crippen molar-refractivity contribution < 1.29 is 4.39 Å². The van der Waals surface area contributed by atoms with Crippen molar-refractivity contribution in [1.82, 2.24) is 4.90 Å². The van der Waals surface area contributed by atoms with Crippen molar-refractivity contribution in [2.75, 3.05) is 6.54 Å². The van der Waals surface area contributed by atoms with Gasteiger partial charge in [-0.3, -0.25) is 4.90 Å². The van der Waals surface area contributed by atoms with Crippen molar-refractivity contribution >= 4 is 15.9 Å². The van der Waals surface area contributed by atoms with Crippen LogP contribution in [0.2, 0.25) is 0 Å². The van der Waals surface area contributed by atoms with Crippen LogP contribution in [0.5, 0.6) is 0 Å². The number of hydrogen-bond acceptors (Lipinski definition) is 1. The summed E-state index contributed by atoms with van der Waals surface area (Å²) in [6, 6.07) is 5.98. The van der Waals surface area contributed by atoms with Crippen molar-refractivity contribution in [3.05, 3.63) is 34.1 Å². The van der Waals surface area contributed by atoms with E-state index in [1.54, 1.807) is 6.07 Å². The second kappa shape index (κ2) is 5.30. The molecule has 98 valence electrons. The van der Waals surface area contributed by atoms with E-state index in [2.05, 4.69) is 20.8 Å². The number of fused-ring (bicyclic) bond motifs is 1. The Balaban J connectivity index is 1.72. The first kappa shape index (κ1) is 12.6. The molecule has 0 radical (unpaired) electrons. The first-order chi connectivity index (χ1) is 8.72. The molecule has 0 bridgehead atoms. The van der Waals surface area contributed by atoms with Gasteiger partial charge < -0.3 is 0 Å². The number of likely N-dealkylation sites (tertiary alicyclic amines) is 1. The zero-order valence-electron chi connectivity index (χ0n) is 10.5. The van der Waals surface area contributed by atoms with E-state index in [0.29, 0.717) is 0 Å². The van der Waals surface area contributed by atoms with E-state index in [1.165, 1.54) is 44.7 Å². The van der Waals surface area contributed by atoms with Crippen LogP contribution < -0.4 is 0 Å². The Hall–Kier alpha value is -0.410. The van der Waals surface area contributed by atoms with Crippen molar-refractivity contribution in [3.63, 3.8) is 0 Å². The van der Waals surface area contributed by atoms with Crippen LogP contribution in [0.3, 0.4) is 0 Å². The summed E-state index contributed by atoms with van der Waals surface area (Å²) in [7, 11) is 0. The molecule has 2 fully saturated rings. The molecule has 1 nitrogen and oxygen atoms in total. The normalized spacial score (nSPS) is 28.3. The van der Waals surface area contributed by atoms with Gasteiger partial charge in [0.05, 0.1) is 0 Å². The Kier molecular flexibility index (Phi) is 3.71. The highest BCUT2D eigenvalue weighted by molar-refractivity contribution is 9.10. The quantitative estimate of drug-likeness (QED) is 0.784. The minimum Gasteiger partial charge on any atom is -0.296 e. The smallest absolute Gasteiger partial charge is 0.124 e. The Morgan fingerprint density at radius 2 is 2.00 bits per heavy atom. The second-order valence-electron chi connectivity index (χ2n) is 5.65. The van der Waals surface area contributed by atoms with Gasteiger partial charge in [-0.1, -0.05) is 28.8 Å². The van der Waals surface area contributed by atoms with Crippen LogP contribution >= 0.6 is 15.9 Å². The molecule has 2 atom stereocenters. The first-order valence-electron chi connectivity index (χ1n) is 6.91. The van der Waals surface area contributed by atoms with E-state index in [0.717, 1.165) is 28.5 Å². The molecule has 1 heterocycles. The van der Waals surface area contributed by atoms with E-state index in [4.69, 9.17) is 0 Å². The molecule has 2 unspecified atom stereocenters. The maximum Gasteiger partial charge on any atom is 0.124 e. The molecule has 0 aromatic heterocycles. The van der Waals surface area contributed by atoms with Gasteiger partial charge in [0.1, 0.15) is 5.82 Å². The minimum atomic E-state index is -0.140. The van der Waals surface area contributed by atoms with Crippen molar-refractivity contribution in [2.45, 2.75) is 44.7 Å². The summed E-state index contributed by atoms with van der Waals surface area (Å²) >= 11 is 3.37. The van der Waals surface area contributed by atoms with E-state index in [1.807, 2.05) is 6.07 Å². The van der Waals surface area contributed by atoms with E-state index in [-0.39, 0.29) is 5.82 Å². The predicted octanol–water partition coefficient (Wildman–Crippen LogP) is 4.35. The lowest BCUT2D eigenvalue weighted by molar-refractivity contribution is 0.176. The summed E-state index contributed by atoms with van der Waals surface area (Å²) in [5, 5.41) is 0. The Labute approximate surface area is 116 Å². The largest absolute Gasteiger partial charge is 0.296 e. The third kappa shape index (κ3) is 2.62. The molecule has 3 rings (SSSR count). The summed E-state index contributed by atoms with van der Waals surface area (Å²) in [6.07, 6.45) is 6.83. The second-order valence-corrected chi connectivity index (χ2v) is 6.56. The number of rotatable bonds is 2. The van der Waals surface area contributed by atoms with Gasteiger partial charge in [-0.2, -0.15) is 0 Å². The van der Waals surface area contributed by atoms with Crippen LogP contribution in [-0.2, 0) is 6.54 Å². The average molecular weight is 312 g/mol. The average Bonchev–Trinajstić information content (AvgIpc) is 2.72. The summed E-state index contributed by atoms with van der Waals surface area (Å²) in [6.45, 7) is 2.08. The fourth-order valence-electron chi connectivity index (χ4n) is 3.64. The third-order valence-corrected chi connectivity index (χ3v) is 4.89. The molecular formula is C15H19BrFN. The zero-order valence-corrected chi connectivity index (χ0v) is 12.1. The third-order valence-electron chi connectivity index (χ3n) is 4.43. The molecule has 1 saturated carbocycles. The van der Waals surface area contributed by atoms with Crippen LogP contribution in [0, 0.1) is 11.7 Å². The molecule has 0 spiro atoms. The zero-order chi connectivity index (χ0) is 12.5. The van der Waals surface area contributed by atoms with Gasteiger partial charge in [0, 0.05) is 17.1 Å². The van der Waals surface area contributed by atoms with Gasteiger partial charge in [0.15, 0.2) is 0 Å². The summed E-state index contributed by atoms with van der Waals surface area (Å²) < 4.78 is 14.2. The molecule has 18 heavy (non-hydrogen) atoms. The van der Waals surface area contributed by atoms with Crippen molar-refractivity contribution in [3.8, 4) is 0 Å². The lowest BCUT2D eigenvalue weighted by Crippen LogP contribution is -2.34. The molecule has 1 saturated heterocycles. The topological polar surface area (TPSA) is 3.24 Å². The molecule has 1 aliphatic carbocycles. The van der Waals surface area contributed by atoms with Gasteiger partial charge in [0.25, 0.3) is 0 Å². The summed E-state index contributed by atoms with van der Waals surface area (Å²) in [4.78, 5) is 2.56. The van der Waals surface area contributed by atoms with E-state index in [9.17, 15) is 4.39 Å². The fourth-order valence-corrected chi connectivity index (χ4v) is 4.15. The molecule has 1 aliphatic heterocycles. The maximum atomic E-state index is 13.4. The Bertz CT molecular complexity index is 414. The molecule has 1 aromatic rings. The van der Waals surface area contributed by atoms with Crippen LogP contribution in [0.4, 0.5) is 4.39 Å². The minimum absolute atomic E-state index is 0.140. The molecule has 0 N–H and O–H groups in total. The Morgan fingerprint density at radius 3 is 2.83 bits per heavy atom. The highest BCUT2D eigenvalue weighted by atomic mass is 79.9. The number of hydrogen-bond donors (Lipinski definition) is 0. The van der Waals surface area contributed by atoms with Crippen LogP contribution in [0.1, 0.15) is 37.7 Å². The Morgan fingerprint density at radius 1 is 1.17 bits per heavy atom.